The fourth-order valence-corrected chi connectivity index (χ4v) is 4.35. The first kappa shape index (κ1) is 15.1. The third-order valence-corrected chi connectivity index (χ3v) is 6.10. The molecule has 0 radical (unpaired) electrons. The van der Waals surface area contributed by atoms with Crippen LogP contribution in [0.15, 0.2) is 40.2 Å². The maximum atomic E-state index is 12.5. The third kappa shape index (κ3) is 3.43. The molecule has 0 aliphatic heterocycles. The van der Waals surface area contributed by atoms with Gasteiger partial charge >= 0.3 is 0 Å². The maximum absolute atomic E-state index is 12.5. The second kappa shape index (κ2) is 6.45. The van der Waals surface area contributed by atoms with Gasteiger partial charge in [0.15, 0.2) is 0 Å². The topological polar surface area (TPSA) is 62.3 Å². The molecule has 2 aromatic heterocycles. The van der Waals surface area contributed by atoms with Gasteiger partial charge in [0.05, 0.1) is 0 Å². The van der Waals surface area contributed by atoms with Crippen LogP contribution in [0, 0.1) is 0 Å². The molecule has 0 fully saturated rings. The highest BCUT2D eigenvalue weighted by atomic mass is 32.2. The zero-order valence-electron chi connectivity index (χ0n) is 11.4. The molecular weight excluding hydrogens is 294 g/mol. The van der Waals surface area contributed by atoms with E-state index in [1.54, 1.807) is 25.5 Å². The average molecular weight is 311 g/mol. The van der Waals surface area contributed by atoms with Gasteiger partial charge in [-0.15, -0.1) is 11.3 Å². The van der Waals surface area contributed by atoms with Crippen LogP contribution in [-0.4, -0.2) is 31.8 Å². The van der Waals surface area contributed by atoms with E-state index in [0.717, 1.165) is 11.1 Å². The number of rotatable bonds is 6. The van der Waals surface area contributed by atoms with Crippen molar-refractivity contribution >= 4 is 21.4 Å². The number of hydrogen-bond donors (Lipinski definition) is 1. The molecule has 0 aromatic carbocycles. The van der Waals surface area contributed by atoms with Crippen molar-refractivity contribution in [2.45, 2.75) is 17.3 Å². The van der Waals surface area contributed by atoms with Crippen molar-refractivity contribution in [1.82, 2.24) is 14.6 Å². The number of nitrogens with zero attached hydrogens (tertiary/aromatic N) is 2. The lowest BCUT2D eigenvalue weighted by atomic mass is 10.3. The van der Waals surface area contributed by atoms with Crippen LogP contribution in [0.2, 0.25) is 0 Å². The Kier molecular flexibility index (Phi) is 4.87. The lowest BCUT2D eigenvalue weighted by molar-refractivity contribution is 0.468. The van der Waals surface area contributed by atoms with E-state index in [2.05, 4.69) is 10.3 Å². The minimum Gasteiger partial charge on any atom is -0.316 e. The standard InChI is InChI=1S/C13H17N3O2S2/c1-14-8-12-7-13(19-10-12)20(17,18)16(2)9-11-3-5-15-6-4-11/h3-7,10,14H,8-9H2,1-2H3. The number of thiophene rings is 1. The second-order valence-electron chi connectivity index (χ2n) is 4.42. The Bertz CT molecular complexity index is 653. The van der Waals surface area contributed by atoms with Gasteiger partial charge < -0.3 is 5.32 Å². The van der Waals surface area contributed by atoms with E-state index in [9.17, 15) is 8.42 Å². The van der Waals surface area contributed by atoms with Gasteiger partial charge in [0.2, 0.25) is 0 Å². The lowest BCUT2D eigenvalue weighted by Crippen LogP contribution is -2.25. The molecule has 0 aliphatic carbocycles. The van der Waals surface area contributed by atoms with Crippen molar-refractivity contribution in [1.29, 1.82) is 0 Å². The molecule has 2 heterocycles. The van der Waals surface area contributed by atoms with Crippen molar-refractivity contribution < 1.29 is 8.42 Å². The van der Waals surface area contributed by atoms with Crippen LogP contribution in [0.25, 0.3) is 0 Å². The highest BCUT2D eigenvalue weighted by Gasteiger charge is 2.22. The molecule has 0 bridgehead atoms. The summed E-state index contributed by atoms with van der Waals surface area (Å²) in [5.74, 6) is 0. The minimum absolute atomic E-state index is 0.337. The molecule has 20 heavy (non-hydrogen) atoms. The Hall–Kier alpha value is -1.28. The number of sulfonamides is 1. The molecule has 0 unspecified atom stereocenters. The van der Waals surface area contributed by atoms with Crippen LogP contribution < -0.4 is 5.32 Å². The largest absolute Gasteiger partial charge is 0.316 e. The summed E-state index contributed by atoms with van der Waals surface area (Å²) in [5.41, 5.74) is 1.89. The van der Waals surface area contributed by atoms with Crippen molar-refractivity contribution in [3.63, 3.8) is 0 Å². The van der Waals surface area contributed by atoms with Crippen molar-refractivity contribution in [2.24, 2.45) is 0 Å². The van der Waals surface area contributed by atoms with E-state index < -0.39 is 10.0 Å². The van der Waals surface area contributed by atoms with Gasteiger partial charge in [-0.3, -0.25) is 4.98 Å². The summed E-state index contributed by atoms with van der Waals surface area (Å²) in [7, 11) is -0.00576. The molecule has 0 saturated heterocycles. The van der Waals surface area contributed by atoms with Crippen LogP contribution in [-0.2, 0) is 23.1 Å². The van der Waals surface area contributed by atoms with Crippen LogP contribution >= 0.6 is 11.3 Å². The van der Waals surface area contributed by atoms with Crippen LogP contribution in [0.4, 0.5) is 0 Å². The van der Waals surface area contributed by atoms with Gasteiger partial charge in [-0.05, 0) is 41.8 Å². The molecule has 7 heteroatoms. The summed E-state index contributed by atoms with van der Waals surface area (Å²) in [6, 6.07) is 5.35. The summed E-state index contributed by atoms with van der Waals surface area (Å²) in [5, 5.41) is 4.87. The Balaban J connectivity index is 2.16. The van der Waals surface area contributed by atoms with Gasteiger partial charge in [-0.2, -0.15) is 4.31 Å². The smallest absolute Gasteiger partial charge is 0.252 e. The molecule has 2 aromatic rings. The van der Waals surface area contributed by atoms with Gasteiger partial charge in [-0.1, -0.05) is 0 Å². The summed E-state index contributed by atoms with van der Waals surface area (Å²) in [6.45, 7) is 1.00. The normalized spacial score (nSPS) is 11.9. The van der Waals surface area contributed by atoms with Gasteiger partial charge in [0.1, 0.15) is 4.21 Å². The monoisotopic (exact) mass is 311 g/mol. The lowest BCUT2D eigenvalue weighted by Gasteiger charge is -2.15. The van der Waals surface area contributed by atoms with Crippen LogP contribution in [0.5, 0.6) is 0 Å². The fourth-order valence-electron chi connectivity index (χ4n) is 1.77. The summed E-state index contributed by atoms with van der Waals surface area (Å²) in [4.78, 5) is 3.92. The van der Waals surface area contributed by atoms with E-state index in [-0.39, 0.29) is 0 Å². The highest BCUT2D eigenvalue weighted by molar-refractivity contribution is 7.91. The van der Waals surface area contributed by atoms with E-state index in [4.69, 9.17) is 0 Å². The van der Waals surface area contributed by atoms with Gasteiger partial charge in [-0.25, -0.2) is 8.42 Å². The molecule has 5 nitrogen and oxygen atoms in total. The average Bonchev–Trinajstić information content (AvgIpc) is 2.89. The van der Waals surface area contributed by atoms with E-state index >= 15 is 0 Å². The molecule has 0 amide bonds. The van der Waals surface area contributed by atoms with E-state index in [1.807, 2.05) is 24.6 Å². The number of aromatic nitrogens is 1. The van der Waals surface area contributed by atoms with E-state index in [1.165, 1.54) is 15.6 Å². The molecular formula is C13H17N3O2S2. The van der Waals surface area contributed by atoms with E-state index in [0.29, 0.717) is 17.3 Å². The highest BCUT2D eigenvalue weighted by Crippen LogP contribution is 2.24. The molecule has 0 atom stereocenters. The Morgan fingerprint density at radius 3 is 2.65 bits per heavy atom. The SMILES string of the molecule is CNCc1csc(S(=O)(=O)N(C)Cc2ccncc2)c1. The zero-order valence-corrected chi connectivity index (χ0v) is 13.0. The molecule has 1 N–H and O–H groups in total. The maximum Gasteiger partial charge on any atom is 0.252 e. The van der Waals surface area contributed by atoms with Crippen LogP contribution in [0.1, 0.15) is 11.1 Å². The van der Waals surface area contributed by atoms with Gasteiger partial charge in [0.25, 0.3) is 10.0 Å². The number of nitrogens with one attached hydrogen (secondary N) is 1. The Labute approximate surface area is 123 Å². The Morgan fingerprint density at radius 2 is 2.00 bits per heavy atom. The first-order valence-corrected chi connectivity index (χ1v) is 8.43. The fraction of sp³-hybridized carbons (Fsp3) is 0.308. The predicted octanol–water partition coefficient (Wildman–Crippen LogP) is 1.68. The van der Waals surface area contributed by atoms with Gasteiger partial charge in [0, 0.05) is 32.5 Å². The third-order valence-electron chi connectivity index (χ3n) is 2.83. The first-order chi connectivity index (χ1) is 9.54. The van der Waals surface area contributed by atoms with Crippen molar-refractivity contribution in [3.8, 4) is 0 Å². The quantitative estimate of drug-likeness (QED) is 0.882. The summed E-state index contributed by atoms with van der Waals surface area (Å²) < 4.78 is 26.6. The molecule has 0 aliphatic rings. The van der Waals surface area contributed by atoms with Crippen molar-refractivity contribution in [3.05, 3.63) is 47.1 Å². The molecule has 108 valence electrons. The Morgan fingerprint density at radius 1 is 1.30 bits per heavy atom. The van der Waals surface area contributed by atoms with Crippen LogP contribution in [0.3, 0.4) is 0 Å². The number of pyridine rings is 1. The minimum atomic E-state index is -3.43. The number of hydrogen-bond acceptors (Lipinski definition) is 5. The molecule has 0 spiro atoms. The second-order valence-corrected chi connectivity index (χ2v) is 7.60. The zero-order chi connectivity index (χ0) is 14.6. The molecule has 2 rings (SSSR count). The molecule has 0 saturated carbocycles. The first-order valence-electron chi connectivity index (χ1n) is 6.11. The summed E-state index contributed by atoms with van der Waals surface area (Å²) >= 11 is 1.25. The summed E-state index contributed by atoms with van der Waals surface area (Å²) in [6.07, 6.45) is 3.32. The van der Waals surface area contributed by atoms with Crippen molar-refractivity contribution in [2.75, 3.05) is 14.1 Å². The predicted molar refractivity (Wildman–Crippen MR) is 80.0 cm³/mol.